The average molecular weight is 276 g/mol. The Bertz CT molecular complexity index is 570. The van der Waals surface area contributed by atoms with Gasteiger partial charge in [-0.3, -0.25) is 0 Å². The Hall–Kier alpha value is -1.65. The van der Waals surface area contributed by atoms with Crippen LogP contribution in [-0.2, 0) is 10.8 Å². The van der Waals surface area contributed by atoms with E-state index in [1.807, 2.05) is 31.2 Å². The van der Waals surface area contributed by atoms with Gasteiger partial charge in [-0.05, 0) is 31.2 Å². The van der Waals surface area contributed by atoms with Crippen LogP contribution in [0, 0.1) is 6.92 Å². The van der Waals surface area contributed by atoms with Crippen LogP contribution in [-0.4, -0.2) is 9.32 Å². The highest BCUT2D eigenvalue weighted by Crippen LogP contribution is 2.25. The van der Waals surface area contributed by atoms with Crippen molar-refractivity contribution in [2.75, 3.05) is 0 Å². The molecule has 3 nitrogen and oxygen atoms in total. The van der Waals surface area contributed by atoms with Crippen molar-refractivity contribution in [3.8, 4) is 0 Å². The molecule has 1 heterocycles. The Morgan fingerprint density at radius 3 is 2.63 bits per heavy atom. The van der Waals surface area contributed by atoms with Crippen molar-refractivity contribution in [2.24, 2.45) is 0 Å². The summed E-state index contributed by atoms with van der Waals surface area (Å²) in [5.41, 5.74) is 1.11. The third-order valence-electron chi connectivity index (χ3n) is 2.79. The molecular weight excluding hydrogens is 260 g/mol. The number of aliphatic hydroxyl groups is 1. The predicted octanol–water partition coefficient (Wildman–Crippen LogP) is 3.33. The average Bonchev–Trinajstić information content (AvgIpc) is 2.92. The third kappa shape index (κ3) is 3.43. The number of furan rings is 1. The highest BCUT2D eigenvalue weighted by molar-refractivity contribution is 7.89. The van der Waals surface area contributed by atoms with Gasteiger partial charge in [0.25, 0.3) is 0 Å². The summed E-state index contributed by atoms with van der Waals surface area (Å²) < 4.78 is 17.3. The van der Waals surface area contributed by atoms with Crippen LogP contribution in [0.1, 0.15) is 23.8 Å². The molecule has 1 N–H and O–H groups in total. The normalized spacial score (nSPS) is 14.0. The standard InChI is InChI=1S/C15H16O3S/c1-11-5-7-13(8-6-11)19(17)12(2)10-14(16)15-4-3-9-18-15/h3-9,14,16H,2,10H2,1H3/t14-,19-/m1/s1. The Kier molecular flexibility index (Phi) is 4.35. The molecule has 0 aliphatic heterocycles. The second-order valence-corrected chi connectivity index (χ2v) is 5.94. The van der Waals surface area contributed by atoms with Gasteiger partial charge in [0.15, 0.2) is 0 Å². The van der Waals surface area contributed by atoms with Gasteiger partial charge in [0.2, 0.25) is 0 Å². The zero-order valence-corrected chi connectivity index (χ0v) is 11.5. The summed E-state index contributed by atoms with van der Waals surface area (Å²) in [6.07, 6.45) is 0.906. The van der Waals surface area contributed by atoms with E-state index in [2.05, 4.69) is 6.58 Å². The molecule has 0 aliphatic carbocycles. The maximum atomic E-state index is 12.2. The topological polar surface area (TPSA) is 50.4 Å². The van der Waals surface area contributed by atoms with Gasteiger partial charge < -0.3 is 9.52 Å². The Morgan fingerprint density at radius 2 is 2.05 bits per heavy atom. The van der Waals surface area contributed by atoms with Gasteiger partial charge in [-0.15, -0.1) is 0 Å². The first kappa shape index (κ1) is 13.8. The first-order valence-electron chi connectivity index (χ1n) is 5.95. The van der Waals surface area contributed by atoms with E-state index in [1.165, 1.54) is 6.26 Å². The van der Waals surface area contributed by atoms with Crippen LogP contribution in [0.4, 0.5) is 0 Å². The van der Waals surface area contributed by atoms with Crippen molar-refractivity contribution in [2.45, 2.75) is 24.3 Å². The van der Waals surface area contributed by atoms with Crippen LogP contribution < -0.4 is 0 Å². The molecule has 0 amide bonds. The molecule has 0 spiro atoms. The van der Waals surface area contributed by atoms with Crippen molar-refractivity contribution >= 4 is 10.8 Å². The predicted molar refractivity (Wildman–Crippen MR) is 75.0 cm³/mol. The van der Waals surface area contributed by atoms with Gasteiger partial charge in [0, 0.05) is 16.2 Å². The van der Waals surface area contributed by atoms with Gasteiger partial charge in [-0.25, -0.2) is 4.21 Å². The van der Waals surface area contributed by atoms with Crippen molar-refractivity contribution in [3.63, 3.8) is 0 Å². The summed E-state index contributed by atoms with van der Waals surface area (Å²) >= 11 is 0. The lowest BCUT2D eigenvalue weighted by Crippen LogP contribution is -2.02. The van der Waals surface area contributed by atoms with E-state index in [-0.39, 0.29) is 6.42 Å². The monoisotopic (exact) mass is 276 g/mol. The van der Waals surface area contributed by atoms with Crippen molar-refractivity contribution < 1.29 is 13.7 Å². The summed E-state index contributed by atoms with van der Waals surface area (Å²) in [5.74, 6) is 0.460. The summed E-state index contributed by atoms with van der Waals surface area (Å²) in [5, 5.41) is 9.93. The molecule has 4 heteroatoms. The molecule has 0 radical (unpaired) electrons. The molecule has 0 fully saturated rings. The van der Waals surface area contributed by atoms with E-state index in [0.717, 1.165) is 5.56 Å². The van der Waals surface area contributed by atoms with E-state index in [1.54, 1.807) is 12.1 Å². The fourth-order valence-corrected chi connectivity index (χ4v) is 2.73. The van der Waals surface area contributed by atoms with E-state index >= 15 is 0 Å². The third-order valence-corrected chi connectivity index (χ3v) is 4.18. The summed E-state index contributed by atoms with van der Waals surface area (Å²) in [6, 6.07) is 10.8. The van der Waals surface area contributed by atoms with Crippen LogP contribution in [0.15, 0.2) is 63.5 Å². The first-order valence-corrected chi connectivity index (χ1v) is 7.10. The van der Waals surface area contributed by atoms with Crippen LogP contribution in [0.5, 0.6) is 0 Å². The molecule has 2 aromatic rings. The molecule has 0 aliphatic rings. The highest BCUT2D eigenvalue weighted by atomic mass is 32.2. The Morgan fingerprint density at radius 1 is 1.37 bits per heavy atom. The van der Waals surface area contributed by atoms with E-state index < -0.39 is 16.9 Å². The molecule has 1 aromatic carbocycles. The fourth-order valence-electron chi connectivity index (χ4n) is 1.70. The minimum Gasteiger partial charge on any atom is -0.467 e. The molecule has 2 rings (SSSR count). The van der Waals surface area contributed by atoms with E-state index in [0.29, 0.717) is 15.6 Å². The van der Waals surface area contributed by atoms with Gasteiger partial charge in [-0.2, -0.15) is 0 Å². The van der Waals surface area contributed by atoms with Crippen LogP contribution >= 0.6 is 0 Å². The molecule has 100 valence electrons. The number of rotatable bonds is 5. The number of hydrogen-bond acceptors (Lipinski definition) is 3. The lowest BCUT2D eigenvalue weighted by molar-refractivity contribution is 0.152. The Balaban J connectivity index is 2.04. The van der Waals surface area contributed by atoms with Gasteiger partial charge >= 0.3 is 0 Å². The molecule has 0 unspecified atom stereocenters. The van der Waals surface area contributed by atoms with Crippen molar-refractivity contribution in [3.05, 3.63) is 65.5 Å². The largest absolute Gasteiger partial charge is 0.467 e. The fraction of sp³-hybridized carbons (Fsp3) is 0.200. The minimum atomic E-state index is -1.31. The highest BCUT2D eigenvalue weighted by Gasteiger charge is 2.16. The molecule has 2 atom stereocenters. The summed E-state index contributed by atoms with van der Waals surface area (Å²) in [6.45, 7) is 5.78. The summed E-state index contributed by atoms with van der Waals surface area (Å²) in [7, 11) is -1.31. The lowest BCUT2D eigenvalue weighted by atomic mass is 10.2. The maximum absolute atomic E-state index is 12.2. The molecule has 0 bridgehead atoms. The molecule has 0 saturated heterocycles. The van der Waals surface area contributed by atoms with Crippen LogP contribution in [0.3, 0.4) is 0 Å². The molecular formula is C15H16O3S. The minimum absolute atomic E-state index is 0.216. The molecule has 1 aromatic heterocycles. The maximum Gasteiger partial charge on any atom is 0.132 e. The van der Waals surface area contributed by atoms with Crippen molar-refractivity contribution in [1.82, 2.24) is 0 Å². The number of hydrogen-bond donors (Lipinski definition) is 1. The summed E-state index contributed by atoms with van der Waals surface area (Å²) in [4.78, 5) is 1.18. The van der Waals surface area contributed by atoms with E-state index in [9.17, 15) is 9.32 Å². The molecule has 0 saturated carbocycles. The van der Waals surface area contributed by atoms with Gasteiger partial charge in [0.1, 0.15) is 11.9 Å². The number of aryl methyl sites for hydroxylation is 1. The number of aliphatic hydroxyl groups excluding tert-OH is 1. The van der Waals surface area contributed by atoms with Crippen LogP contribution in [0.25, 0.3) is 0 Å². The molecule has 19 heavy (non-hydrogen) atoms. The zero-order chi connectivity index (χ0) is 13.8. The Labute approximate surface area is 115 Å². The smallest absolute Gasteiger partial charge is 0.132 e. The van der Waals surface area contributed by atoms with Gasteiger partial charge in [-0.1, -0.05) is 24.3 Å². The second-order valence-electron chi connectivity index (χ2n) is 4.36. The second kappa shape index (κ2) is 5.99. The number of benzene rings is 1. The first-order chi connectivity index (χ1) is 9.08. The quantitative estimate of drug-likeness (QED) is 0.911. The zero-order valence-electron chi connectivity index (χ0n) is 10.7. The van der Waals surface area contributed by atoms with E-state index in [4.69, 9.17) is 4.42 Å². The van der Waals surface area contributed by atoms with Crippen LogP contribution in [0.2, 0.25) is 0 Å². The SMILES string of the molecule is C=C(C[C@@H](O)c1ccco1)[S@@](=O)c1ccc(C)cc1. The van der Waals surface area contributed by atoms with Gasteiger partial charge in [0.05, 0.1) is 17.1 Å². The van der Waals surface area contributed by atoms with Crippen molar-refractivity contribution in [1.29, 1.82) is 0 Å². The lowest BCUT2D eigenvalue weighted by Gasteiger charge is -2.10.